The summed E-state index contributed by atoms with van der Waals surface area (Å²) in [6, 6.07) is 12.0. The number of rotatable bonds is 4. The third kappa shape index (κ3) is 3.03. The van der Waals surface area contributed by atoms with Crippen LogP contribution in [-0.2, 0) is 15.8 Å². The van der Waals surface area contributed by atoms with Gasteiger partial charge < -0.3 is 15.2 Å². The van der Waals surface area contributed by atoms with Gasteiger partial charge in [-0.1, -0.05) is 30.3 Å². The molecule has 0 aromatic heterocycles. The number of nitrogens with two attached hydrogens (primary N) is 1. The lowest BCUT2D eigenvalue weighted by atomic mass is 10.2. The minimum Gasteiger partial charge on any atom is -0.454 e. The first-order chi connectivity index (χ1) is 10.0. The van der Waals surface area contributed by atoms with Crippen molar-refractivity contribution in [2.45, 2.75) is 5.75 Å². The molecule has 0 fully saturated rings. The second-order valence-electron chi connectivity index (χ2n) is 4.64. The van der Waals surface area contributed by atoms with Gasteiger partial charge in [0.1, 0.15) is 0 Å². The highest BCUT2D eigenvalue weighted by Crippen LogP contribution is 2.38. The molecule has 3 N–H and O–H groups in total. The molecule has 2 aromatic rings. The molecule has 1 aliphatic rings. The molecule has 0 unspecified atom stereocenters. The predicted octanol–water partition coefficient (Wildman–Crippen LogP) is 1.94. The molecule has 6 nitrogen and oxygen atoms in total. The Balaban J connectivity index is 1.83. The van der Waals surface area contributed by atoms with Crippen LogP contribution in [-0.4, -0.2) is 15.2 Å². The Bertz CT molecular complexity index is 760. The van der Waals surface area contributed by atoms with E-state index in [1.54, 1.807) is 30.3 Å². The third-order valence-electron chi connectivity index (χ3n) is 3.01. The molecule has 0 saturated heterocycles. The van der Waals surface area contributed by atoms with Gasteiger partial charge in [0.15, 0.2) is 11.5 Å². The van der Waals surface area contributed by atoms with Gasteiger partial charge in [-0.25, -0.2) is 8.42 Å². The lowest BCUT2D eigenvalue weighted by Crippen LogP contribution is -2.16. The minimum atomic E-state index is -3.55. The summed E-state index contributed by atoms with van der Waals surface area (Å²) in [6.07, 6.45) is 0. The number of ether oxygens (including phenoxy) is 2. The first kappa shape index (κ1) is 13.6. The highest BCUT2D eigenvalue weighted by atomic mass is 32.2. The van der Waals surface area contributed by atoms with Crippen molar-refractivity contribution < 1.29 is 17.9 Å². The van der Waals surface area contributed by atoms with Crippen molar-refractivity contribution in [2.24, 2.45) is 0 Å². The number of benzene rings is 2. The Kier molecular flexibility index (Phi) is 3.34. The molecule has 0 saturated carbocycles. The summed E-state index contributed by atoms with van der Waals surface area (Å²) in [6.45, 7) is 0.106. The lowest BCUT2D eigenvalue weighted by molar-refractivity contribution is 0.174. The van der Waals surface area contributed by atoms with E-state index in [1.165, 1.54) is 6.07 Å². The average Bonchev–Trinajstić information content (AvgIpc) is 2.86. The van der Waals surface area contributed by atoms with Gasteiger partial charge in [0, 0.05) is 12.1 Å². The van der Waals surface area contributed by atoms with Crippen molar-refractivity contribution in [1.29, 1.82) is 0 Å². The van der Waals surface area contributed by atoms with E-state index in [2.05, 4.69) is 4.72 Å². The molecule has 1 aliphatic heterocycles. The maximum absolute atomic E-state index is 12.2. The van der Waals surface area contributed by atoms with E-state index < -0.39 is 10.0 Å². The number of hydrogen-bond acceptors (Lipinski definition) is 5. The van der Waals surface area contributed by atoms with Gasteiger partial charge in [-0.2, -0.15) is 0 Å². The van der Waals surface area contributed by atoms with E-state index in [1.807, 2.05) is 6.07 Å². The van der Waals surface area contributed by atoms with Crippen LogP contribution in [0.25, 0.3) is 0 Å². The van der Waals surface area contributed by atoms with Gasteiger partial charge in [0.25, 0.3) is 0 Å². The van der Waals surface area contributed by atoms with E-state index in [-0.39, 0.29) is 23.9 Å². The molecule has 0 amide bonds. The fourth-order valence-electron chi connectivity index (χ4n) is 2.04. The molecule has 7 heteroatoms. The Morgan fingerprint density at radius 1 is 1.10 bits per heavy atom. The quantitative estimate of drug-likeness (QED) is 0.842. The molecule has 1 heterocycles. The standard InChI is InChI=1S/C14H14N2O4S/c15-11-6-13-14(20-9-19-13)7-12(11)16-21(17,18)8-10-4-2-1-3-5-10/h1-7,16H,8-9,15H2. The van der Waals surface area contributed by atoms with E-state index in [9.17, 15) is 8.42 Å². The van der Waals surface area contributed by atoms with Gasteiger partial charge in [-0.3, -0.25) is 4.72 Å². The zero-order valence-corrected chi connectivity index (χ0v) is 11.9. The Hall–Kier alpha value is -2.41. The summed E-state index contributed by atoms with van der Waals surface area (Å²) in [7, 11) is -3.55. The zero-order valence-electron chi connectivity index (χ0n) is 11.1. The first-order valence-electron chi connectivity index (χ1n) is 6.27. The molecule has 0 spiro atoms. The van der Waals surface area contributed by atoms with Crippen LogP contribution in [0.15, 0.2) is 42.5 Å². The SMILES string of the molecule is Nc1cc2c(cc1NS(=O)(=O)Cc1ccccc1)OCO2. The number of anilines is 2. The molecule has 3 rings (SSSR count). The Morgan fingerprint density at radius 3 is 2.48 bits per heavy atom. The topological polar surface area (TPSA) is 90.7 Å². The molecule has 2 aromatic carbocycles. The smallest absolute Gasteiger partial charge is 0.236 e. The largest absolute Gasteiger partial charge is 0.454 e. The van der Waals surface area contributed by atoms with Crippen LogP contribution < -0.4 is 19.9 Å². The molecule has 0 bridgehead atoms. The maximum atomic E-state index is 12.2. The van der Waals surface area contributed by atoms with E-state index in [0.29, 0.717) is 17.1 Å². The van der Waals surface area contributed by atoms with Crippen LogP contribution in [0.5, 0.6) is 11.5 Å². The summed E-state index contributed by atoms with van der Waals surface area (Å²) >= 11 is 0. The fourth-order valence-corrected chi connectivity index (χ4v) is 3.26. The van der Waals surface area contributed by atoms with Crippen molar-refractivity contribution in [3.63, 3.8) is 0 Å². The van der Waals surface area contributed by atoms with Crippen LogP contribution in [0, 0.1) is 0 Å². The summed E-state index contributed by atoms with van der Waals surface area (Å²) in [5.41, 5.74) is 7.11. The molecular formula is C14H14N2O4S. The van der Waals surface area contributed by atoms with Gasteiger partial charge in [-0.05, 0) is 5.56 Å². The van der Waals surface area contributed by atoms with Crippen molar-refractivity contribution in [3.8, 4) is 11.5 Å². The Labute approximate surface area is 122 Å². The maximum Gasteiger partial charge on any atom is 0.236 e. The van der Waals surface area contributed by atoms with Crippen molar-refractivity contribution in [2.75, 3.05) is 17.2 Å². The number of sulfonamides is 1. The molecule has 0 radical (unpaired) electrons. The molecule has 0 atom stereocenters. The summed E-state index contributed by atoms with van der Waals surface area (Å²) < 4.78 is 37.2. The molecule has 0 aliphatic carbocycles. The number of fused-ring (bicyclic) bond motifs is 1. The Morgan fingerprint density at radius 2 is 1.76 bits per heavy atom. The molecule has 21 heavy (non-hydrogen) atoms. The van der Waals surface area contributed by atoms with Crippen molar-refractivity contribution in [1.82, 2.24) is 0 Å². The van der Waals surface area contributed by atoms with Crippen molar-refractivity contribution in [3.05, 3.63) is 48.0 Å². The number of nitrogens with one attached hydrogen (secondary N) is 1. The van der Waals surface area contributed by atoms with Crippen LogP contribution in [0.3, 0.4) is 0 Å². The van der Waals surface area contributed by atoms with Crippen LogP contribution in [0.1, 0.15) is 5.56 Å². The third-order valence-corrected chi connectivity index (χ3v) is 4.25. The normalized spacial score (nSPS) is 13.1. The van der Waals surface area contributed by atoms with E-state index in [0.717, 1.165) is 0 Å². The molecule has 110 valence electrons. The minimum absolute atomic E-state index is 0.106. The zero-order chi connectivity index (χ0) is 14.9. The fraction of sp³-hybridized carbons (Fsp3) is 0.143. The second-order valence-corrected chi connectivity index (χ2v) is 6.36. The first-order valence-corrected chi connectivity index (χ1v) is 7.92. The highest BCUT2D eigenvalue weighted by molar-refractivity contribution is 7.91. The number of nitrogen functional groups attached to an aromatic ring is 1. The van der Waals surface area contributed by atoms with Crippen LogP contribution in [0.2, 0.25) is 0 Å². The average molecular weight is 306 g/mol. The summed E-state index contributed by atoms with van der Waals surface area (Å²) in [4.78, 5) is 0. The summed E-state index contributed by atoms with van der Waals surface area (Å²) in [5, 5.41) is 0. The van der Waals surface area contributed by atoms with Crippen LogP contribution in [0.4, 0.5) is 11.4 Å². The summed E-state index contributed by atoms with van der Waals surface area (Å²) in [5.74, 6) is 0.863. The lowest BCUT2D eigenvalue weighted by Gasteiger charge is -2.11. The number of hydrogen-bond donors (Lipinski definition) is 2. The molecular weight excluding hydrogens is 292 g/mol. The predicted molar refractivity (Wildman–Crippen MR) is 79.7 cm³/mol. The highest BCUT2D eigenvalue weighted by Gasteiger charge is 2.19. The van der Waals surface area contributed by atoms with E-state index >= 15 is 0 Å². The van der Waals surface area contributed by atoms with E-state index in [4.69, 9.17) is 15.2 Å². The van der Waals surface area contributed by atoms with Gasteiger partial charge in [0.05, 0.1) is 17.1 Å². The van der Waals surface area contributed by atoms with Gasteiger partial charge >= 0.3 is 0 Å². The van der Waals surface area contributed by atoms with Crippen LogP contribution >= 0.6 is 0 Å². The van der Waals surface area contributed by atoms with Crippen molar-refractivity contribution >= 4 is 21.4 Å². The van der Waals surface area contributed by atoms with Gasteiger partial charge in [0.2, 0.25) is 16.8 Å². The monoisotopic (exact) mass is 306 g/mol. The van der Waals surface area contributed by atoms with Gasteiger partial charge in [-0.15, -0.1) is 0 Å². The second kappa shape index (κ2) is 5.17.